The summed E-state index contributed by atoms with van der Waals surface area (Å²) < 4.78 is 0. The van der Waals surface area contributed by atoms with Crippen molar-refractivity contribution in [3.63, 3.8) is 0 Å². The molecule has 0 saturated carbocycles. The quantitative estimate of drug-likeness (QED) is 0.866. The summed E-state index contributed by atoms with van der Waals surface area (Å²) in [4.78, 5) is 11.3. The summed E-state index contributed by atoms with van der Waals surface area (Å²) in [6.07, 6.45) is 2.69. The van der Waals surface area contributed by atoms with E-state index in [2.05, 4.69) is 27.1 Å². The van der Waals surface area contributed by atoms with Crippen LogP contribution in [0.3, 0.4) is 0 Å². The van der Waals surface area contributed by atoms with E-state index >= 15 is 0 Å². The van der Waals surface area contributed by atoms with Crippen LogP contribution in [0.2, 0.25) is 0 Å². The van der Waals surface area contributed by atoms with Gasteiger partial charge in [0.25, 0.3) is 0 Å². The summed E-state index contributed by atoms with van der Waals surface area (Å²) in [6.45, 7) is 5.87. The van der Waals surface area contributed by atoms with Gasteiger partial charge in [0.05, 0.1) is 6.10 Å². The minimum Gasteiger partial charge on any atom is -0.393 e. The van der Waals surface area contributed by atoms with E-state index in [1.165, 1.54) is 0 Å². The van der Waals surface area contributed by atoms with E-state index in [1.54, 1.807) is 0 Å². The number of piperidine rings is 1. The van der Waals surface area contributed by atoms with Crippen molar-refractivity contribution in [3.8, 4) is 0 Å². The monoisotopic (exact) mass is 264 g/mol. The summed E-state index contributed by atoms with van der Waals surface area (Å²) in [6, 6.07) is 2.00. The maximum absolute atomic E-state index is 9.64. The lowest BCUT2D eigenvalue weighted by Gasteiger charge is -2.34. The summed E-state index contributed by atoms with van der Waals surface area (Å²) in [5.41, 5.74) is 0. The Morgan fingerprint density at radius 1 is 1.42 bits per heavy atom. The number of hydrogen-bond acceptors (Lipinski definition) is 5. The fourth-order valence-electron chi connectivity index (χ4n) is 2.54. The third-order valence-electron chi connectivity index (χ3n) is 3.88. The Labute approximate surface area is 115 Å². The summed E-state index contributed by atoms with van der Waals surface area (Å²) >= 11 is 0. The topological polar surface area (TPSA) is 61.3 Å². The van der Waals surface area contributed by atoms with Crippen molar-refractivity contribution in [1.29, 1.82) is 0 Å². The highest BCUT2D eigenvalue weighted by atomic mass is 16.3. The molecule has 19 heavy (non-hydrogen) atoms. The van der Waals surface area contributed by atoms with Gasteiger partial charge in [-0.05, 0) is 25.7 Å². The Bertz CT molecular complexity index is 392. The fraction of sp³-hybridized carbons (Fsp3) is 0.714. The van der Waals surface area contributed by atoms with Crippen molar-refractivity contribution in [3.05, 3.63) is 11.9 Å². The molecule has 2 heterocycles. The molecule has 1 saturated heterocycles. The van der Waals surface area contributed by atoms with Gasteiger partial charge in [-0.15, -0.1) is 0 Å². The lowest BCUT2D eigenvalue weighted by molar-refractivity contribution is 0.110. The zero-order valence-electron chi connectivity index (χ0n) is 12.1. The summed E-state index contributed by atoms with van der Waals surface area (Å²) in [5, 5.41) is 12.7. The van der Waals surface area contributed by atoms with Gasteiger partial charge < -0.3 is 15.3 Å². The van der Waals surface area contributed by atoms with Gasteiger partial charge in [-0.3, -0.25) is 0 Å². The largest absolute Gasteiger partial charge is 0.393 e. The SMILES string of the molecule is CCc1nc(NC)cc(N2CCC(C(C)O)CC2)n1. The Kier molecular flexibility index (Phi) is 4.58. The van der Waals surface area contributed by atoms with Gasteiger partial charge in [0.2, 0.25) is 0 Å². The van der Waals surface area contributed by atoms with Crippen molar-refractivity contribution in [2.75, 3.05) is 30.4 Å². The van der Waals surface area contributed by atoms with E-state index in [4.69, 9.17) is 0 Å². The minimum atomic E-state index is -0.202. The molecule has 1 aliphatic rings. The van der Waals surface area contributed by atoms with Crippen molar-refractivity contribution >= 4 is 11.6 Å². The molecule has 2 rings (SSSR count). The molecule has 0 amide bonds. The van der Waals surface area contributed by atoms with E-state index in [9.17, 15) is 5.11 Å². The first-order valence-electron chi connectivity index (χ1n) is 7.12. The molecule has 2 N–H and O–H groups in total. The van der Waals surface area contributed by atoms with Crippen LogP contribution in [0.25, 0.3) is 0 Å². The molecular formula is C14H24N4O. The lowest BCUT2D eigenvalue weighted by Crippen LogP contribution is -2.37. The maximum Gasteiger partial charge on any atom is 0.134 e. The van der Waals surface area contributed by atoms with Crippen molar-refractivity contribution in [2.24, 2.45) is 5.92 Å². The molecule has 1 fully saturated rings. The zero-order chi connectivity index (χ0) is 13.8. The Morgan fingerprint density at radius 2 is 2.11 bits per heavy atom. The lowest BCUT2D eigenvalue weighted by atomic mass is 9.92. The van der Waals surface area contributed by atoms with Gasteiger partial charge in [-0.1, -0.05) is 6.92 Å². The number of aryl methyl sites for hydroxylation is 1. The van der Waals surface area contributed by atoms with Gasteiger partial charge >= 0.3 is 0 Å². The van der Waals surface area contributed by atoms with Crippen LogP contribution in [0.15, 0.2) is 6.07 Å². The number of anilines is 2. The first-order chi connectivity index (χ1) is 9.13. The number of aliphatic hydroxyl groups is 1. The van der Waals surface area contributed by atoms with Crippen LogP contribution in [-0.4, -0.2) is 41.3 Å². The molecule has 0 spiro atoms. The average molecular weight is 264 g/mol. The molecule has 5 heteroatoms. The molecule has 5 nitrogen and oxygen atoms in total. The highest BCUT2D eigenvalue weighted by Crippen LogP contribution is 2.25. The molecule has 1 aromatic heterocycles. The van der Waals surface area contributed by atoms with Gasteiger partial charge in [-0.2, -0.15) is 0 Å². The molecule has 1 aromatic rings. The molecule has 0 aromatic carbocycles. The molecule has 0 radical (unpaired) electrons. The van der Waals surface area contributed by atoms with E-state index in [1.807, 2.05) is 20.0 Å². The molecule has 1 aliphatic heterocycles. The zero-order valence-corrected chi connectivity index (χ0v) is 12.1. The molecule has 1 atom stereocenters. The highest BCUT2D eigenvalue weighted by Gasteiger charge is 2.23. The number of aliphatic hydroxyl groups excluding tert-OH is 1. The van der Waals surface area contributed by atoms with Gasteiger partial charge in [0.1, 0.15) is 17.5 Å². The maximum atomic E-state index is 9.64. The highest BCUT2D eigenvalue weighted by molar-refractivity contribution is 5.49. The number of aromatic nitrogens is 2. The predicted octanol–water partition coefficient (Wildman–Crippen LogP) is 1.68. The first-order valence-corrected chi connectivity index (χ1v) is 7.12. The summed E-state index contributed by atoms with van der Waals surface area (Å²) in [5.74, 6) is 3.17. The van der Waals surface area contributed by atoms with Crippen molar-refractivity contribution < 1.29 is 5.11 Å². The van der Waals surface area contributed by atoms with Crippen LogP contribution in [0.1, 0.15) is 32.5 Å². The number of nitrogens with one attached hydrogen (secondary N) is 1. The van der Waals surface area contributed by atoms with E-state index < -0.39 is 0 Å². The number of hydrogen-bond donors (Lipinski definition) is 2. The third-order valence-corrected chi connectivity index (χ3v) is 3.88. The van der Waals surface area contributed by atoms with E-state index in [-0.39, 0.29) is 6.10 Å². The van der Waals surface area contributed by atoms with Crippen LogP contribution >= 0.6 is 0 Å². The normalized spacial score (nSPS) is 18.4. The first kappa shape index (κ1) is 14.1. The number of nitrogens with zero attached hydrogens (tertiary/aromatic N) is 3. The molecular weight excluding hydrogens is 240 g/mol. The minimum absolute atomic E-state index is 0.202. The van der Waals surface area contributed by atoms with Gasteiger partial charge in [0.15, 0.2) is 0 Å². The smallest absolute Gasteiger partial charge is 0.134 e. The van der Waals surface area contributed by atoms with Crippen LogP contribution in [0, 0.1) is 5.92 Å². The Balaban J connectivity index is 2.10. The fourth-order valence-corrected chi connectivity index (χ4v) is 2.54. The van der Waals surface area contributed by atoms with Crippen molar-refractivity contribution in [1.82, 2.24) is 9.97 Å². The van der Waals surface area contributed by atoms with Crippen LogP contribution < -0.4 is 10.2 Å². The van der Waals surface area contributed by atoms with Gasteiger partial charge in [0, 0.05) is 32.6 Å². The second kappa shape index (κ2) is 6.19. The Morgan fingerprint density at radius 3 is 2.63 bits per heavy atom. The van der Waals surface area contributed by atoms with E-state index in [0.29, 0.717) is 5.92 Å². The third kappa shape index (κ3) is 3.35. The van der Waals surface area contributed by atoms with Crippen molar-refractivity contribution in [2.45, 2.75) is 39.2 Å². The summed E-state index contributed by atoms with van der Waals surface area (Å²) in [7, 11) is 1.88. The molecule has 0 aliphatic carbocycles. The second-order valence-corrected chi connectivity index (χ2v) is 5.20. The molecule has 1 unspecified atom stereocenters. The average Bonchev–Trinajstić information content (AvgIpc) is 2.46. The molecule has 0 bridgehead atoms. The van der Waals surface area contributed by atoms with Crippen LogP contribution in [0.4, 0.5) is 11.6 Å². The predicted molar refractivity (Wildman–Crippen MR) is 77.6 cm³/mol. The number of rotatable bonds is 4. The molecule has 106 valence electrons. The Hall–Kier alpha value is -1.36. The van der Waals surface area contributed by atoms with Crippen LogP contribution in [-0.2, 0) is 6.42 Å². The standard InChI is InChI=1S/C14H24N4O/c1-4-12-16-13(15-3)9-14(17-12)18-7-5-11(6-8-18)10(2)19/h9-11,19H,4-8H2,1-3H3,(H,15,16,17). The second-order valence-electron chi connectivity index (χ2n) is 5.20. The van der Waals surface area contributed by atoms with Crippen LogP contribution in [0.5, 0.6) is 0 Å². The van der Waals surface area contributed by atoms with Gasteiger partial charge in [-0.25, -0.2) is 9.97 Å². The van der Waals surface area contributed by atoms with E-state index in [0.717, 1.165) is 49.8 Å².